The van der Waals surface area contributed by atoms with E-state index in [1.807, 2.05) is 0 Å². The molecule has 0 amide bonds. The van der Waals surface area contributed by atoms with Crippen LogP contribution < -0.4 is 5.73 Å². The van der Waals surface area contributed by atoms with Gasteiger partial charge >= 0.3 is 0 Å². The molecule has 1 aromatic carbocycles. The van der Waals surface area contributed by atoms with Crippen LogP contribution in [0.4, 0.5) is 5.69 Å². The van der Waals surface area contributed by atoms with Crippen LogP contribution in [0.3, 0.4) is 0 Å². The molecular weight excluding hydrogens is 264 g/mol. The van der Waals surface area contributed by atoms with Gasteiger partial charge in [-0.3, -0.25) is 0 Å². The van der Waals surface area contributed by atoms with E-state index < -0.39 is 15.8 Å². The lowest BCUT2D eigenvalue weighted by Crippen LogP contribution is -2.28. The van der Waals surface area contributed by atoms with E-state index in [1.54, 1.807) is 0 Å². The summed E-state index contributed by atoms with van der Waals surface area (Å²) >= 11 is 5.76. The molecule has 0 saturated carbocycles. The number of aromatic hydroxyl groups is 1. The van der Waals surface area contributed by atoms with Crippen molar-refractivity contribution in [3.05, 3.63) is 17.2 Å². The first-order valence-corrected chi connectivity index (χ1v) is 7.03. The number of sulfonamides is 1. The molecule has 0 spiro atoms. The van der Waals surface area contributed by atoms with Gasteiger partial charge in [0.2, 0.25) is 10.0 Å². The number of halogens is 1. The first-order chi connectivity index (χ1) is 7.93. The number of benzene rings is 1. The lowest BCUT2D eigenvalue weighted by atomic mass is 10.3. The van der Waals surface area contributed by atoms with Crippen molar-refractivity contribution in [3.8, 4) is 5.75 Å². The van der Waals surface area contributed by atoms with E-state index in [9.17, 15) is 13.5 Å². The number of hydrogen-bond donors (Lipinski definition) is 2. The van der Waals surface area contributed by atoms with Crippen molar-refractivity contribution in [2.45, 2.75) is 17.7 Å². The summed E-state index contributed by atoms with van der Waals surface area (Å²) in [6, 6.07) is 2.54. The number of nitrogens with zero attached hydrogens (tertiary/aromatic N) is 1. The van der Waals surface area contributed by atoms with E-state index in [-0.39, 0.29) is 15.6 Å². The SMILES string of the molecule is Nc1cc(Cl)cc(S(=O)(=O)N2CCCC2)c1O. The minimum Gasteiger partial charge on any atom is -0.504 e. The van der Waals surface area contributed by atoms with Gasteiger partial charge in [0.15, 0.2) is 5.75 Å². The number of phenols is 1. The predicted molar refractivity (Wildman–Crippen MR) is 65.5 cm³/mol. The van der Waals surface area contributed by atoms with Crippen LogP contribution in [-0.4, -0.2) is 30.9 Å². The van der Waals surface area contributed by atoms with Crippen LogP contribution in [0.15, 0.2) is 17.0 Å². The second kappa shape index (κ2) is 4.36. The van der Waals surface area contributed by atoms with Gasteiger partial charge < -0.3 is 10.8 Å². The Morgan fingerprint density at radius 2 is 1.88 bits per heavy atom. The Bertz CT molecular complexity index is 539. The summed E-state index contributed by atoms with van der Waals surface area (Å²) in [4.78, 5) is -0.218. The topological polar surface area (TPSA) is 83.6 Å². The zero-order valence-electron chi connectivity index (χ0n) is 9.06. The van der Waals surface area contributed by atoms with Crippen LogP contribution in [-0.2, 0) is 10.0 Å². The van der Waals surface area contributed by atoms with E-state index in [4.69, 9.17) is 17.3 Å². The molecule has 1 saturated heterocycles. The standard InChI is InChI=1S/C10H13ClN2O3S/c11-7-5-8(12)10(14)9(6-7)17(15,16)13-3-1-2-4-13/h5-6,14H,1-4,12H2. The van der Waals surface area contributed by atoms with Gasteiger partial charge in [-0.1, -0.05) is 11.6 Å². The Morgan fingerprint density at radius 3 is 2.47 bits per heavy atom. The molecule has 17 heavy (non-hydrogen) atoms. The average Bonchev–Trinajstić information content (AvgIpc) is 2.76. The maximum atomic E-state index is 12.2. The molecule has 2 rings (SSSR count). The number of anilines is 1. The lowest BCUT2D eigenvalue weighted by molar-refractivity contribution is 0.445. The van der Waals surface area contributed by atoms with Gasteiger partial charge in [-0.25, -0.2) is 8.42 Å². The Labute approximate surface area is 105 Å². The fourth-order valence-electron chi connectivity index (χ4n) is 1.86. The molecule has 94 valence electrons. The number of nitrogen functional groups attached to an aromatic ring is 1. The van der Waals surface area contributed by atoms with Crippen LogP contribution in [0.5, 0.6) is 5.75 Å². The molecule has 5 nitrogen and oxygen atoms in total. The van der Waals surface area contributed by atoms with Crippen molar-refractivity contribution in [1.29, 1.82) is 0 Å². The fraction of sp³-hybridized carbons (Fsp3) is 0.400. The summed E-state index contributed by atoms with van der Waals surface area (Å²) in [6.07, 6.45) is 1.66. The summed E-state index contributed by atoms with van der Waals surface area (Å²) in [6.45, 7) is 0.933. The van der Waals surface area contributed by atoms with Crippen LogP contribution in [0.2, 0.25) is 5.02 Å². The predicted octanol–water partition coefficient (Wildman–Crippen LogP) is 1.41. The van der Waals surface area contributed by atoms with Gasteiger partial charge in [-0.2, -0.15) is 4.31 Å². The summed E-state index contributed by atoms with van der Waals surface area (Å²) in [5.74, 6) is -0.429. The van der Waals surface area contributed by atoms with Crippen LogP contribution in [0.25, 0.3) is 0 Å². The highest BCUT2D eigenvalue weighted by Gasteiger charge is 2.30. The van der Waals surface area contributed by atoms with Crippen molar-refractivity contribution in [1.82, 2.24) is 4.31 Å². The van der Waals surface area contributed by atoms with E-state index in [1.165, 1.54) is 16.4 Å². The summed E-state index contributed by atoms with van der Waals surface area (Å²) < 4.78 is 25.8. The molecule has 0 aliphatic carbocycles. The molecule has 1 heterocycles. The number of rotatable bonds is 2. The molecule has 1 aliphatic rings. The molecule has 1 aliphatic heterocycles. The van der Waals surface area contributed by atoms with E-state index in [0.717, 1.165) is 12.8 Å². The van der Waals surface area contributed by atoms with Gasteiger partial charge in [0.05, 0.1) is 5.69 Å². The van der Waals surface area contributed by atoms with Crippen molar-refractivity contribution in [2.24, 2.45) is 0 Å². The molecule has 0 atom stereocenters. The highest BCUT2D eigenvalue weighted by atomic mass is 35.5. The van der Waals surface area contributed by atoms with Crippen LogP contribution >= 0.6 is 11.6 Å². The first kappa shape index (κ1) is 12.5. The highest BCUT2D eigenvalue weighted by Crippen LogP contribution is 2.35. The third-order valence-corrected chi connectivity index (χ3v) is 4.88. The van der Waals surface area contributed by atoms with Gasteiger partial charge in [0.25, 0.3) is 0 Å². The second-order valence-electron chi connectivity index (χ2n) is 3.95. The number of hydrogen-bond acceptors (Lipinski definition) is 4. The van der Waals surface area contributed by atoms with Gasteiger partial charge in [0, 0.05) is 18.1 Å². The zero-order valence-corrected chi connectivity index (χ0v) is 10.6. The van der Waals surface area contributed by atoms with E-state index in [0.29, 0.717) is 13.1 Å². The third kappa shape index (κ3) is 2.20. The minimum absolute atomic E-state index is 0.0322. The summed E-state index contributed by atoms with van der Waals surface area (Å²) in [5, 5.41) is 9.92. The molecule has 0 unspecified atom stereocenters. The van der Waals surface area contributed by atoms with Gasteiger partial charge in [0.1, 0.15) is 4.90 Å². The highest BCUT2D eigenvalue weighted by molar-refractivity contribution is 7.89. The molecule has 0 aromatic heterocycles. The van der Waals surface area contributed by atoms with Crippen molar-refractivity contribution < 1.29 is 13.5 Å². The third-order valence-electron chi connectivity index (χ3n) is 2.75. The summed E-state index contributed by atoms with van der Waals surface area (Å²) in [7, 11) is -3.70. The van der Waals surface area contributed by atoms with Gasteiger partial charge in [-0.15, -0.1) is 0 Å². The largest absolute Gasteiger partial charge is 0.504 e. The maximum absolute atomic E-state index is 12.2. The Kier molecular flexibility index (Phi) is 3.20. The smallest absolute Gasteiger partial charge is 0.246 e. The molecule has 1 aromatic rings. The quantitative estimate of drug-likeness (QED) is 0.632. The average molecular weight is 277 g/mol. The molecule has 0 bridgehead atoms. The van der Waals surface area contributed by atoms with E-state index >= 15 is 0 Å². The van der Waals surface area contributed by atoms with E-state index in [2.05, 4.69) is 0 Å². The Morgan fingerprint density at radius 1 is 1.29 bits per heavy atom. The van der Waals surface area contributed by atoms with Crippen LogP contribution in [0.1, 0.15) is 12.8 Å². The zero-order chi connectivity index (χ0) is 12.6. The number of nitrogens with two attached hydrogens (primary N) is 1. The molecule has 1 fully saturated rings. The van der Waals surface area contributed by atoms with Crippen molar-refractivity contribution >= 4 is 27.3 Å². The lowest BCUT2D eigenvalue weighted by Gasteiger charge is -2.17. The second-order valence-corrected chi connectivity index (χ2v) is 6.30. The van der Waals surface area contributed by atoms with Crippen LogP contribution in [0, 0.1) is 0 Å². The maximum Gasteiger partial charge on any atom is 0.246 e. The normalized spacial score (nSPS) is 17.5. The van der Waals surface area contributed by atoms with Crippen molar-refractivity contribution in [3.63, 3.8) is 0 Å². The number of phenolic OH excluding ortho intramolecular Hbond substituents is 1. The molecule has 0 radical (unpaired) electrons. The summed E-state index contributed by atoms with van der Waals surface area (Å²) in [5.41, 5.74) is 5.47. The van der Waals surface area contributed by atoms with Gasteiger partial charge in [-0.05, 0) is 25.0 Å². The first-order valence-electron chi connectivity index (χ1n) is 5.21. The monoisotopic (exact) mass is 276 g/mol. The Hall–Kier alpha value is -0.980. The molecule has 3 N–H and O–H groups in total. The Balaban J connectivity index is 2.52. The van der Waals surface area contributed by atoms with Crippen molar-refractivity contribution in [2.75, 3.05) is 18.8 Å². The fourth-order valence-corrected chi connectivity index (χ4v) is 3.81. The molecule has 7 heteroatoms. The molecular formula is C10H13ClN2O3S. The minimum atomic E-state index is -3.70.